The summed E-state index contributed by atoms with van der Waals surface area (Å²) in [6.07, 6.45) is 0.445. The van der Waals surface area contributed by atoms with Crippen LogP contribution in [0.4, 0.5) is 5.69 Å². The van der Waals surface area contributed by atoms with Crippen LogP contribution >= 0.6 is 27.5 Å². The summed E-state index contributed by atoms with van der Waals surface area (Å²) in [6, 6.07) is 5.46. The number of aryl methyl sites for hydroxylation is 2. The monoisotopic (exact) mass is 371 g/mol. The number of halogens is 2. The van der Waals surface area contributed by atoms with E-state index >= 15 is 0 Å². The van der Waals surface area contributed by atoms with Gasteiger partial charge in [-0.3, -0.25) is 4.68 Å². The number of rotatable bonds is 5. The third-order valence-electron chi connectivity index (χ3n) is 3.49. The first kappa shape index (κ1) is 16.3. The molecule has 0 aliphatic carbocycles. The van der Waals surface area contributed by atoms with Crippen molar-refractivity contribution in [1.82, 2.24) is 9.78 Å². The molecular weight excluding hydrogens is 354 g/mol. The Kier molecular flexibility index (Phi) is 5.30. The van der Waals surface area contributed by atoms with E-state index < -0.39 is 6.10 Å². The van der Waals surface area contributed by atoms with Gasteiger partial charge in [-0.25, -0.2) is 0 Å². The zero-order valence-electron chi connectivity index (χ0n) is 12.1. The molecule has 0 amide bonds. The second kappa shape index (κ2) is 6.81. The van der Waals surface area contributed by atoms with Gasteiger partial charge in [0.25, 0.3) is 0 Å². The maximum absolute atomic E-state index is 10.5. The van der Waals surface area contributed by atoms with Gasteiger partial charge in [0, 0.05) is 28.7 Å². The fourth-order valence-electron chi connectivity index (χ4n) is 2.34. The highest BCUT2D eigenvalue weighted by Crippen LogP contribution is 2.30. The topological polar surface area (TPSA) is 64.1 Å². The molecule has 114 valence electrons. The molecule has 2 aromatic rings. The van der Waals surface area contributed by atoms with Gasteiger partial charge in [-0.15, -0.1) is 0 Å². The quantitative estimate of drug-likeness (QED) is 0.786. The van der Waals surface area contributed by atoms with Gasteiger partial charge in [0.05, 0.1) is 22.5 Å². The third kappa shape index (κ3) is 3.42. The van der Waals surface area contributed by atoms with Crippen molar-refractivity contribution in [3.63, 3.8) is 0 Å². The molecule has 0 spiro atoms. The number of nitrogen functional groups attached to an aromatic ring is 1. The number of aromatic nitrogens is 2. The molecule has 6 heteroatoms. The number of hydrogen-bond donors (Lipinski definition) is 2. The van der Waals surface area contributed by atoms with Crippen molar-refractivity contribution in [2.75, 3.05) is 5.73 Å². The summed E-state index contributed by atoms with van der Waals surface area (Å²) in [5.41, 5.74) is 8.93. The number of aliphatic hydroxyl groups is 1. The maximum Gasteiger partial charge on any atom is 0.0866 e. The summed E-state index contributed by atoms with van der Waals surface area (Å²) in [6.45, 7) is 4.74. The van der Waals surface area contributed by atoms with E-state index in [0.29, 0.717) is 22.7 Å². The minimum Gasteiger partial charge on any atom is -0.398 e. The van der Waals surface area contributed by atoms with Crippen LogP contribution in [0.2, 0.25) is 5.02 Å². The second-order valence-corrected chi connectivity index (χ2v) is 6.16. The van der Waals surface area contributed by atoms with E-state index in [1.165, 1.54) is 0 Å². The van der Waals surface area contributed by atoms with Crippen molar-refractivity contribution in [2.45, 2.75) is 39.3 Å². The molecule has 1 aromatic carbocycles. The number of nitrogens with two attached hydrogens (primary N) is 1. The van der Waals surface area contributed by atoms with Gasteiger partial charge in [0.2, 0.25) is 0 Å². The van der Waals surface area contributed by atoms with Gasteiger partial charge in [0.15, 0.2) is 0 Å². The predicted molar refractivity (Wildman–Crippen MR) is 89.5 cm³/mol. The number of hydrogen-bond acceptors (Lipinski definition) is 3. The van der Waals surface area contributed by atoms with E-state index in [-0.39, 0.29) is 0 Å². The van der Waals surface area contributed by atoms with Crippen LogP contribution in [0.15, 0.2) is 22.7 Å². The molecular formula is C15H19BrClN3O. The van der Waals surface area contributed by atoms with Gasteiger partial charge in [-0.05, 0) is 31.5 Å². The largest absolute Gasteiger partial charge is 0.398 e. The van der Waals surface area contributed by atoms with Crippen molar-refractivity contribution >= 4 is 33.2 Å². The number of aliphatic hydroxyl groups excluding tert-OH is 1. The first-order valence-electron chi connectivity index (χ1n) is 6.94. The smallest absolute Gasteiger partial charge is 0.0866 e. The van der Waals surface area contributed by atoms with Gasteiger partial charge in [-0.2, -0.15) is 5.10 Å². The van der Waals surface area contributed by atoms with E-state index in [9.17, 15) is 5.11 Å². The van der Waals surface area contributed by atoms with E-state index in [0.717, 1.165) is 28.8 Å². The number of benzene rings is 1. The Hall–Kier alpha value is -1.04. The SMILES string of the molecule is CCc1nn(CC)c(CC(O)c2cc(Br)ccc2N)c1Cl. The summed E-state index contributed by atoms with van der Waals surface area (Å²) in [5, 5.41) is 15.6. The highest BCUT2D eigenvalue weighted by molar-refractivity contribution is 9.10. The van der Waals surface area contributed by atoms with Gasteiger partial charge in [0.1, 0.15) is 0 Å². The molecule has 0 saturated heterocycles. The average molecular weight is 373 g/mol. The van der Waals surface area contributed by atoms with Crippen molar-refractivity contribution < 1.29 is 5.11 Å². The van der Waals surface area contributed by atoms with Crippen LogP contribution in [0, 0.1) is 0 Å². The molecule has 3 N–H and O–H groups in total. The zero-order valence-corrected chi connectivity index (χ0v) is 14.4. The minimum atomic E-state index is -0.716. The summed E-state index contributed by atoms with van der Waals surface area (Å²) in [7, 11) is 0. The van der Waals surface area contributed by atoms with Gasteiger partial charge >= 0.3 is 0 Å². The van der Waals surface area contributed by atoms with E-state index in [1.807, 2.05) is 30.7 Å². The molecule has 21 heavy (non-hydrogen) atoms. The molecule has 0 radical (unpaired) electrons. The average Bonchev–Trinajstić information content (AvgIpc) is 2.77. The Bertz CT molecular complexity index is 642. The number of nitrogens with zero attached hydrogens (tertiary/aromatic N) is 2. The van der Waals surface area contributed by atoms with Crippen LogP contribution in [-0.4, -0.2) is 14.9 Å². The predicted octanol–water partition coefficient (Wildman–Crippen LogP) is 3.74. The Morgan fingerprint density at radius 1 is 1.43 bits per heavy atom. The molecule has 0 fully saturated rings. The molecule has 1 unspecified atom stereocenters. The zero-order chi connectivity index (χ0) is 15.6. The maximum atomic E-state index is 10.5. The van der Waals surface area contributed by atoms with Crippen molar-refractivity contribution in [1.29, 1.82) is 0 Å². The lowest BCUT2D eigenvalue weighted by Gasteiger charge is -2.15. The van der Waals surface area contributed by atoms with Crippen LogP contribution < -0.4 is 5.73 Å². The standard InChI is InChI=1S/C15H19BrClN3O/c1-3-12-15(17)13(20(4-2)19-12)8-14(21)10-7-9(16)5-6-11(10)18/h5-7,14,21H,3-4,8,18H2,1-2H3. The van der Waals surface area contributed by atoms with Crippen LogP contribution in [0.25, 0.3) is 0 Å². The lowest BCUT2D eigenvalue weighted by atomic mass is 10.0. The Morgan fingerprint density at radius 2 is 2.14 bits per heavy atom. The summed E-state index contributed by atoms with van der Waals surface area (Å²) in [4.78, 5) is 0. The first-order chi connectivity index (χ1) is 9.97. The fourth-order valence-corrected chi connectivity index (χ4v) is 3.06. The Balaban J connectivity index is 2.33. The third-order valence-corrected chi connectivity index (χ3v) is 4.42. The summed E-state index contributed by atoms with van der Waals surface area (Å²) in [5.74, 6) is 0. The lowest BCUT2D eigenvalue weighted by molar-refractivity contribution is 0.176. The first-order valence-corrected chi connectivity index (χ1v) is 8.12. The van der Waals surface area contributed by atoms with E-state index in [1.54, 1.807) is 6.07 Å². The van der Waals surface area contributed by atoms with Crippen molar-refractivity contribution in [3.05, 3.63) is 44.6 Å². The molecule has 1 aromatic heterocycles. The minimum absolute atomic E-state index is 0.389. The van der Waals surface area contributed by atoms with Crippen LogP contribution in [0.5, 0.6) is 0 Å². The molecule has 0 bridgehead atoms. The van der Waals surface area contributed by atoms with Crippen molar-refractivity contribution in [3.8, 4) is 0 Å². The lowest BCUT2D eigenvalue weighted by Crippen LogP contribution is -2.10. The Labute approximate surface area is 138 Å². The molecule has 2 rings (SSSR count). The van der Waals surface area contributed by atoms with Crippen LogP contribution in [-0.2, 0) is 19.4 Å². The van der Waals surface area contributed by atoms with Crippen molar-refractivity contribution in [2.24, 2.45) is 0 Å². The van der Waals surface area contributed by atoms with E-state index in [4.69, 9.17) is 17.3 Å². The Morgan fingerprint density at radius 3 is 2.76 bits per heavy atom. The normalized spacial score (nSPS) is 12.6. The molecule has 0 aliphatic rings. The molecule has 0 aliphatic heterocycles. The van der Waals surface area contributed by atoms with Gasteiger partial charge in [-0.1, -0.05) is 34.5 Å². The van der Waals surface area contributed by atoms with Gasteiger partial charge < -0.3 is 10.8 Å². The molecule has 4 nitrogen and oxygen atoms in total. The molecule has 1 heterocycles. The highest BCUT2D eigenvalue weighted by Gasteiger charge is 2.20. The van der Waals surface area contributed by atoms with E-state index in [2.05, 4.69) is 21.0 Å². The second-order valence-electron chi connectivity index (χ2n) is 4.87. The summed E-state index contributed by atoms with van der Waals surface area (Å²) < 4.78 is 2.73. The van der Waals surface area contributed by atoms with Crippen LogP contribution in [0.1, 0.15) is 36.9 Å². The number of anilines is 1. The highest BCUT2D eigenvalue weighted by atomic mass is 79.9. The summed E-state index contributed by atoms with van der Waals surface area (Å²) >= 11 is 9.77. The molecule has 0 saturated carbocycles. The van der Waals surface area contributed by atoms with Crippen LogP contribution in [0.3, 0.4) is 0 Å². The fraction of sp³-hybridized carbons (Fsp3) is 0.400. The molecule has 1 atom stereocenters.